The van der Waals surface area contributed by atoms with Gasteiger partial charge in [-0.1, -0.05) is 30.3 Å². The number of nitrogens with zero attached hydrogens (tertiary/aromatic N) is 3. The molecule has 0 atom stereocenters. The molecule has 2 aromatic rings. The van der Waals surface area contributed by atoms with Gasteiger partial charge in [0, 0.05) is 13.1 Å². The summed E-state index contributed by atoms with van der Waals surface area (Å²) < 4.78 is 31.9. The first-order valence-corrected chi connectivity index (χ1v) is 10.4. The van der Waals surface area contributed by atoms with E-state index in [9.17, 15) is 13.2 Å². The van der Waals surface area contributed by atoms with Crippen molar-refractivity contribution in [3.8, 4) is 0 Å². The summed E-state index contributed by atoms with van der Waals surface area (Å²) >= 11 is 0. The molecule has 27 heavy (non-hydrogen) atoms. The fourth-order valence-corrected chi connectivity index (χ4v) is 3.84. The number of carbonyl (C=O) groups excluding carboxylic acids is 1. The molecule has 0 aliphatic carbocycles. The van der Waals surface area contributed by atoms with Crippen LogP contribution in [-0.2, 0) is 38.9 Å². The topological polar surface area (TPSA) is 81.5 Å². The summed E-state index contributed by atoms with van der Waals surface area (Å²) in [5.74, 6) is -0.345. The number of hydrogen-bond acceptors (Lipinski definition) is 6. The van der Waals surface area contributed by atoms with Crippen LogP contribution in [0.3, 0.4) is 0 Å². The van der Waals surface area contributed by atoms with E-state index in [2.05, 4.69) is 9.72 Å². The Hall–Kier alpha value is -2.19. The van der Waals surface area contributed by atoms with Crippen LogP contribution in [0.1, 0.15) is 25.1 Å². The lowest BCUT2D eigenvalue weighted by molar-refractivity contribution is -0.141. The van der Waals surface area contributed by atoms with E-state index in [1.54, 1.807) is 36.6 Å². The molecule has 0 radical (unpaired) electrons. The lowest BCUT2D eigenvalue weighted by Crippen LogP contribution is -2.28. The highest BCUT2D eigenvalue weighted by molar-refractivity contribution is 7.91. The number of carbonyl (C=O) groups is 1. The summed E-state index contributed by atoms with van der Waals surface area (Å²) in [7, 11) is -0.392. The Bertz CT molecular complexity index is 860. The molecule has 0 saturated carbocycles. The molecule has 0 saturated heterocycles. The van der Waals surface area contributed by atoms with Crippen LogP contribution in [0.15, 0.2) is 41.7 Å². The van der Waals surface area contributed by atoms with Gasteiger partial charge in [0.2, 0.25) is 15.0 Å². The summed E-state index contributed by atoms with van der Waals surface area (Å²) in [6, 6.07) is 9.88. The maximum atomic E-state index is 12.7. The minimum Gasteiger partial charge on any atom is -0.468 e. The second-order valence-corrected chi connectivity index (χ2v) is 9.16. The maximum Gasteiger partial charge on any atom is 0.319 e. The van der Waals surface area contributed by atoms with Gasteiger partial charge in [-0.25, -0.2) is 13.4 Å². The summed E-state index contributed by atoms with van der Waals surface area (Å²) in [5.41, 5.74) is 1.87. The van der Waals surface area contributed by atoms with Crippen molar-refractivity contribution in [3.05, 3.63) is 47.8 Å². The third-order valence-corrected chi connectivity index (χ3v) is 6.38. The minimum absolute atomic E-state index is 0.0786. The van der Waals surface area contributed by atoms with Gasteiger partial charge in [0.05, 0.1) is 30.8 Å². The van der Waals surface area contributed by atoms with Crippen molar-refractivity contribution in [2.45, 2.75) is 43.8 Å². The molecule has 1 aromatic heterocycles. The zero-order valence-electron chi connectivity index (χ0n) is 16.3. The number of benzene rings is 1. The van der Waals surface area contributed by atoms with Crippen molar-refractivity contribution >= 4 is 15.8 Å². The molecule has 0 aliphatic heterocycles. The van der Waals surface area contributed by atoms with Gasteiger partial charge in [-0.3, -0.25) is 9.69 Å². The molecule has 148 valence electrons. The lowest BCUT2D eigenvalue weighted by Gasteiger charge is -2.18. The fraction of sp³-hybridized carbons (Fsp3) is 0.474. The number of aryl methyl sites for hydroxylation is 1. The Labute approximate surface area is 160 Å². The molecule has 0 N–H and O–H groups in total. The molecular formula is C19H27N3O4S. The predicted molar refractivity (Wildman–Crippen MR) is 103 cm³/mol. The first-order valence-electron chi connectivity index (χ1n) is 8.83. The van der Waals surface area contributed by atoms with Crippen LogP contribution < -0.4 is 0 Å². The summed E-state index contributed by atoms with van der Waals surface area (Å²) in [6.07, 6.45) is 2.26. The molecule has 0 unspecified atom stereocenters. The molecule has 0 amide bonds. The number of methoxy groups -OCH3 is 1. The number of sulfone groups is 1. The normalized spacial score (nSPS) is 11.9. The standard InChI is InChI=1S/C19H27N3O4S/c1-15(2)27(24,25)19-20-12-17(13-21(3)14-18(23)26-4)22(19)11-10-16-8-6-5-7-9-16/h5-9,12,15H,10-11,13-14H2,1-4H3. The van der Waals surface area contributed by atoms with Gasteiger partial charge < -0.3 is 9.30 Å². The van der Waals surface area contributed by atoms with E-state index in [-0.39, 0.29) is 17.7 Å². The smallest absolute Gasteiger partial charge is 0.319 e. The van der Waals surface area contributed by atoms with Gasteiger partial charge in [0.15, 0.2) is 0 Å². The second kappa shape index (κ2) is 9.14. The zero-order valence-corrected chi connectivity index (χ0v) is 17.1. The van der Waals surface area contributed by atoms with Gasteiger partial charge >= 0.3 is 5.97 Å². The Morgan fingerprint density at radius 3 is 2.52 bits per heavy atom. The van der Waals surface area contributed by atoms with E-state index in [0.717, 1.165) is 11.3 Å². The Balaban J connectivity index is 2.30. The summed E-state index contributed by atoms with van der Waals surface area (Å²) in [5, 5.41) is -0.481. The highest BCUT2D eigenvalue weighted by atomic mass is 32.2. The van der Waals surface area contributed by atoms with Crippen molar-refractivity contribution in [2.24, 2.45) is 0 Å². The van der Waals surface area contributed by atoms with E-state index in [1.165, 1.54) is 7.11 Å². The number of ether oxygens (including phenoxy) is 1. The van der Waals surface area contributed by atoms with E-state index < -0.39 is 15.1 Å². The van der Waals surface area contributed by atoms with Crippen LogP contribution in [-0.4, -0.2) is 54.8 Å². The van der Waals surface area contributed by atoms with Gasteiger partial charge in [-0.15, -0.1) is 0 Å². The van der Waals surface area contributed by atoms with Crippen molar-refractivity contribution in [3.63, 3.8) is 0 Å². The average molecular weight is 394 g/mol. The summed E-state index contributed by atoms with van der Waals surface area (Å²) in [6.45, 7) is 4.30. The quantitative estimate of drug-likeness (QED) is 0.606. The Morgan fingerprint density at radius 2 is 1.93 bits per heavy atom. The number of esters is 1. The number of rotatable bonds is 9. The molecule has 1 heterocycles. The maximum absolute atomic E-state index is 12.7. The van der Waals surface area contributed by atoms with Crippen LogP contribution in [0.4, 0.5) is 0 Å². The van der Waals surface area contributed by atoms with Crippen LogP contribution >= 0.6 is 0 Å². The minimum atomic E-state index is -3.51. The number of hydrogen-bond donors (Lipinski definition) is 0. The van der Waals surface area contributed by atoms with Crippen molar-refractivity contribution in [2.75, 3.05) is 20.7 Å². The summed E-state index contributed by atoms with van der Waals surface area (Å²) in [4.78, 5) is 17.5. The van der Waals surface area contributed by atoms with E-state index in [1.807, 2.05) is 30.3 Å². The first kappa shape index (κ1) is 21.1. The van der Waals surface area contributed by atoms with Gasteiger partial charge in [0.25, 0.3) is 0 Å². The number of imidazole rings is 1. The van der Waals surface area contributed by atoms with Crippen molar-refractivity contribution < 1.29 is 17.9 Å². The molecule has 0 fully saturated rings. The second-order valence-electron chi connectivity index (χ2n) is 6.76. The zero-order chi connectivity index (χ0) is 20.0. The molecule has 1 aromatic carbocycles. The van der Waals surface area contributed by atoms with Crippen molar-refractivity contribution in [1.29, 1.82) is 0 Å². The molecular weight excluding hydrogens is 366 g/mol. The lowest BCUT2D eigenvalue weighted by atomic mass is 10.1. The number of likely N-dealkylation sites (N-methyl/N-ethyl adjacent to an activating group) is 1. The van der Waals surface area contributed by atoms with Crippen LogP contribution in [0.25, 0.3) is 0 Å². The molecule has 0 bridgehead atoms. The van der Waals surface area contributed by atoms with E-state index >= 15 is 0 Å². The van der Waals surface area contributed by atoms with Gasteiger partial charge in [-0.05, 0) is 32.9 Å². The first-order chi connectivity index (χ1) is 12.8. The predicted octanol–water partition coefficient (Wildman–Crippen LogP) is 1.91. The van der Waals surface area contributed by atoms with Crippen LogP contribution in [0, 0.1) is 0 Å². The highest BCUT2D eigenvalue weighted by Gasteiger charge is 2.27. The molecule has 0 aliphatic rings. The monoisotopic (exact) mass is 393 g/mol. The van der Waals surface area contributed by atoms with Gasteiger partial charge in [-0.2, -0.15) is 0 Å². The largest absolute Gasteiger partial charge is 0.468 e. The number of aromatic nitrogens is 2. The average Bonchev–Trinajstić information content (AvgIpc) is 3.03. The fourth-order valence-electron chi connectivity index (χ4n) is 2.70. The van der Waals surface area contributed by atoms with Crippen LogP contribution in [0.2, 0.25) is 0 Å². The Kier molecular flexibility index (Phi) is 7.15. The highest BCUT2D eigenvalue weighted by Crippen LogP contribution is 2.19. The van der Waals surface area contributed by atoms with Gasteiger partial charge in [0.1, 0.15) is 0 Å². The van der Waals surface area contributed by atoms with E-state index in [4.69, 9.17) is 0 Å². The SMILES string of the molecule is COC(=O)CN(C)Cc1cnc(S(=O)(=O)C(C)C)n1CCc1ccccc1. The third-order valence-electron chi connectivity index (χ3n) is 4.30. The molecule has 7 nitrogen and oxygen atoms in total. The van der Waals surface area contributed by atoms with Crippen molar-refractivity contribution in [1.82, 2.24) is 14.5 Å². The molecule has 8 heteroatoms. The van der Waals surface area contributed by atoms with Crippen LogP contribution in [0.5, 0.6) is 0 Å². The molecule has 0 spiro atoms. The third kappa shape index (κ3) is 5.40. The van der Waals surface area contributed by atoms with E-state index in [0.29, 0.717) is 19.5 Å². The molecule has 2 rings (SSSR count). The Morgan fingerprint density at radius 1 is 1.26 bits per heavy atom.